The molecule has 1 saturated heterocycles. The van der Waals surface area contributed by atoms with Gasteiger partial charge in [0.2, 0.25) is 0 Å². The predicted octanol–water partition coefficient (Wildman–Crippen LogP) is 6.89. The summed E-state index contributed by atoms with van der Waals surface area (Å²) in [7, 11) is 0. The molecule has 29 heavy (non-hydrogen) atoms. The zero-order valence-electron chi connectivity index (χ0n) is 17.4. The van der Waals surface area contributed by atoms with Crippen LogP contribution in [0.4, 0.5) is 5.69 Å². The fraction of sp³-hybridized carbons (Fsp3) is 0.440. The van der Waals surface area contributed by atoms with Crippen molar-refractivity contribution in [1.82, 2.24) is 4.90 Å². The number of hydrogen-bond donors (Lipinski definition) is 0. The van der Waals surface area contributed by atoms with Crippen LogP contribution in [0.3, 0.4) is 0 Å². The summed E-state index contributed by atoms with van der Waals surface area (Å²) in [6.07, 6.45) is 3.61. The molecule has 2 aromatic carbocycles. The molecular weight excluding hydrogens is 444 g/mol. The van der Waals surface area contributed by atoms with E-state index in [0.29, 0.717) is 5.41 Å². The molecule has 0 N–H and O–H groups in total. The van der Waals surface area contributed by atoms with E-state index in [4.69, 9.17) is 11.6 Å². The van der Waals surface area contributed by atoms with Crippen molar-refractivity contribution in [1.29, 1.82) is 0 Å². The highest BCUT2D eigenvalue weighted by atomic mass is 79.9. The molecule has 2 aliphatic rings. The van der Waals surface area contributed by atoms with Crippen molar-refractivity contribution in [3.63, 3.8) is 0 Å². The van der Waals surface area contributed by atoms with Crippen molar-refractivity contribution in [2.45, 2.75) is 33.1 Å². The second kappa shape index (κ2) is 8.83. The number of hydrogen-bond acceptors (Lipinski definition) is 2. The van der Waals surface area contributed by atoms with Gasteiger partial charge < -0.3 is 4.90 Å². The van der Waals surface area contributed by atoms with Crippen molar-refractivity contribution in [3.05, 3.63) is 69.2 Å². The Morgan fingerprint density at radius 1 is 1.00 bits per heavy atom. The first kappa shape index (κ1) is 21.0. The van der Waals surface area contributed by atoms with Crippen LogP contribution in [0.15, 0.2) is 58.6 Å². The first-order valence-electron chi connectivity index (χ1n) is 10.6. The van der Waals surface area contributed by atoms with Crippen molar-refractivity contribution in [3.8, 4) is 0 Å². The van der Waals surface area contributed by atoms with Crippen LogP contribution in [0.5, 0.6) is 0 Å². The molecule has 0 spiro atoms. The molecule has 0 saturated carbocycles. The summed E-state index contributed by atoms with van der Waals surface area (Å²) in [5.41, 5.74) is 6.24. The van der Waals surface area contributed by atoms with Crippen LogP contribution in [-0.4, -0.2) is 37.6 Å². The number of piperazine rings is 1. The molecular formula is C25H30BrClN2. The Labute approximate surface area is 188 Å². The highest BCUT2D eigenvalue weighted by molar-refractivity contribution is 9.10. The average Bonchev–Trinajstić information content (AvgIpc) is 2.69. The molecule has 4 rings (SSSR count). The van der Waals surface area contributed by atoms with E-state index in [1.54, 1.807) is 11.1 Å². The fourth-order valence-electron chi connectivity index (χ4n) is 4.67. The van der Waals surface area contributed by atoms with E-state index in [1.807, 2.05) is 12.1 Å². The SMILES string of the molecule is CC1(C)CCC(c2ccc(Cl)cc2)=C(CN2CCN(c3cccc(Br)c3)CC2)C1. The average molecular weight is 474 g/mol. The highest BCUT2D eigenvalue weighted by Gasteiger charge is 2.29. The van der Waals surface area contributed by atoms with Gasteiger partial charge in [-0.15, -0.1) is 0 Å². The van der Waals surface area contributed by atoms with E-state index in [2.05, 4.69) is 76.0 Å². The number of rotatable bonds is 4. The lowest BCUT2D eigenvalue weighted by atomic mass is 9.73. The second-order valence-corrected chi connectivity index (χ2v) is 10.5. The van der Waals surface area contributed by atoms with Gasteiger partial charge in [-0.05, 0) is 66.1 Å². The summed E-state index contributed by atoms with van der Waals surface area (Å²) in [5.74, 6) is 0. The quantitative estimate of drug-likeness (QED) is 0.477. The van der Waals surface area contributed by atoms with E-state index in [1.165, 1.54) is 30.5 Å². The Hall–Kier alpha value is -1.29. The van der Waals surface area contributed by atoms with Crippen LogP contribution >= 0.6 is 27.5 Å². The summed E-state index contributed by atoms with van der Waals surface area (Å²) in [5, 5.41) is 0.815. The summed E-state index contributed by atoms with van der Waals surface area (Å²) in [6.45, 7) is 10.3. The summed E-state index contributed by atoms with van der Waals surface area (Å²) >= 11 is 9.73. The lowest BCUT2D eigenvalue weighted by Gasteiger charge is -2.39. The van der Waals surface area contributed by atoms with Gasteiger partial charge in [0, 0.05) is 47.9 Å². The van der Waals surface area contributed by atoms with E-state index in [9.17, 15) is 0 Å². The van der Waals surface area contributed by atoms with Crippen molar-refractivity contribution >= 4 is 38.8 Å². The van der Waals surface area contributed by atoms with Gasteiger partial charge in [0.1, 0.15) is 0 Å². The molecule has 2 aromatic rings. The first-order valence-corrected chi connectivity index (χ1v) is 11.8. The Balaban J connectivity index is 1.48. The maximum absolute atomic E-state index is 6.13. The van der Waals surface area contributed by atoms with Crippen LogP contribution in [0.2, 0.25) is 5.02 Å². The third kappa shape index (κ3) is 5.25. The third-order valence-corrected chi connectivity index (χ3v) is 7.07. The number of allylic oxidation sites excluding steroid dienone is 1. The van der Waals surface area contributed by atoms with Gasteiger partial charge >= 0.3 is 0 Å². The molecule has 0 unspecified atom stereocenters. The molecule has 4 heteroatoms. The molecule has 2 nitrogen and oxygen atoms in total. The molecule has 154 valence electrons. The van der Waals surface area contributed by atoms with E-state index >= 15 is 0 Å². The molecule has 0 radical (unpaired) electrons. The molecule has 1 aliphatic heterocycles. The number of anilines is 1. The monoisotopic (exact) mass is 472 g/mol. The molecule has 1 aliphatic carbocycles. The second-order valence-electron chi connectivity index (χ2n) is 9.17. The van der Waals surface area contributed by atoms with Gasteiger partial charge in [0.15, 0.2) is 0 Å². The van der Waals surface area contributed by atoms with Crippen LogP contribution < -0.4 is 4.90 Å². The number of halogens is 2. The van der Waals surface area contributed by atoms with E-state index < -0.39 is 0 Å². The number of benzene rings is 2. The molecule has 0 amide bonds. The predicted molar refractivity (Wildman–Crippen MR) is 129 cm³/mol. The highest BCUT2D eigenvalue weighted by Crippen LogP contribution is 2.42. The minimum Gasteiger partial charge on any atom is -0.369 e. The summed E-state index contributed by atoms with van der Waals surface area (Å²) < 4.78 is 1.15. The van der Waals surface area contributed by atoms with Gasteiger partial charge in [-0.3, -0.25) is 4.90 Å². The van der Waals surface area contributed by atoms with Gasteiger partial charge in [-0.2, -0.15) is 0 Å². The minimum absolute atomic E-state index is 0.392. The molecule has 1 fully saturated rings. The van der Waals surface area contributed by atoms with Crippen LogP contribution in [0, 0.1) is 5.41 Å². The van der Waals surface area contributed by atoms with Gasteiger partial charge in [0.25, 0.3) is 0 Å². The topological polar surface area (TPSA) is 6.48 Å². The van der Waals surface area contributed by atoms with Gasteiger partial charge in [-0.1, -0.05) is 65.2 Å². The zero-order chi connectivity index (χ0) is 20.4. The maximum atomic E-state index is 6.13. The van der Waals surface area contributed by atoms with Crippen LogP contribution in [0.25, 0.3) is 5.57 Å². The Bertz CT molecular complexity index is 880. The third-order valence-electron chi connectivity index (χ3n) is 6.32. The van der Waals surface area contributed by atoms with Gasteiger partial charge in [-0.25, -0.2) is 0 Å². The van der Waals surface area contributed by atoms with E-state index in [-0.39, 0.29) is 0 Å². The van der Waals surface area contributed by atoms with Gasteiger partial charge in [0.05, 0.1) is 0 Å². The van der Waals surface area contributed by atoms with Crippen molar-refractivity contribution in [2.24, 2.45) is 5.41 Å². The normalized spacial score (nSPS) is 20.2. The van der Waals surface area contributed by atoms with E-state index in [0.717, 1.165) is 42.2 Å². The zero-order valence-corrected chi connectivity index (χ0v) is 19.8. The standard InChI is InChI=1S/C25H30BrClN2/c1-25(2)11-10-24(19-6-8-22(27)9-7-19)20(17-25)18-28-12-14-29(15-13-28)23-5-3-4-21(26)16-23/h3-9,16H,10-15,17-18H2,1-2H3. The fourth-order valence-corrected chi connectivity index (χ4v) is 5.18. The maximum Gasteiger partial charge on any atom is 0.0406 e. The molecule has 0 bridgehead atoms. The molecule has 1 heterocycles. The largest absolute Gasteiger partial charge is 0.369 e. The van der Waals surface area contributed by atoms with Crippen molar-refractivity contribution in [2.75, 3.05) is 37.6 Å². The Morgan fingerprint density at radius 3 is 2.41 bits per heavy atom. The lowest BCUT2D eigenvalue weighted by Crippen LogP contribution is -2.47. The molecule has 0 atom stereocenters. The van der Waals surface area contributed by atoms with Crippen LogP contribution in [-0.2, 0) is 0 Å². The summed E-state index contributed by atoms with van der Waals surface area (Å²) in [4.78, 5) is 5.14. The van der Waals surface area contributed by atoms with Crippen LogP contribution in [0.1, 0.15) is 38.7 Å². The minimum atomic E-state index is 0.392. The molecule has 0 aromatic heterocycles. The van der Waals surface area contributed by atoms with Crippen molar-refractivity contribution < 1.29 is 0 Å². The first-order chi connectivity index (χ1) is 13.9. The Kier molecular flexibility index (Phi) is 6.38. The summed E-state index contributed by atoms with van der Waals surface area (Å²) in [6, 6.07) is 17.1. The Morgan fingerprint density at radius 2 is 1.72 bits per heavy atom. The number of nitrogens with zero attached hydrogens (tertiary/aromatic N) is 2. The smallest absolute Gasteiger partial charge is 0.0406 e. The lowest BCUT2D eigenvalue weighted by molar-refractivity contribution is 0.256.